The second-order valence-corrected chi connectivity index (χ2v) is 5.03. The van der Waals surface area contributed by atoms with Crippen LogP contribution in [0.5, 0.6) is 0 Å². The Morgan fingerprint density at radius 3 is 2.72 bits per heavy atom. The minimum Gasteiger partial charge on any atom is -0.397 e. The van der Waals surface area contributed by atoms with E-state index in [2.05, 4.69) is 15.3 Å². The van der Waals surface area contributed by atoms with Crippen LogP contribution in [0.25, 0.3) is 11.0 Å². The molecule has 0 radical (unpaired) electrons. The van der Waals surface area contributed by atoms with Crippen LogP contribution in [0, 0.1) is 0 Å². The SMILES string of the molecule is Nc1ccc(Sc2ccc(Cl)cn2)c2nonc12. The molecular formula is C11H7ClN4OS. The van der Waals surface area contributed by atoms with Gasteiger partial charge >= 0.3 is 0 Å². The number of nitrogens with two attached hydrogens (primary N) is 1. The van der Waals surface area contributed by atoms with Crippen molar-refractivity contribution in [2.45, 2.75) is 9.92 Å². The van der Waals surface area contributed by atoms with Gasteiger partial charge in [0.25, 0.3) is 0 Å². The van der Waals surface area contributed by atoms with E-state index < -0.39 is 0 Å². The average Bonchev–Trinajstić information content (AvgIpc) is 2.86. The third-order valence-corrected chi connectivity index (χ3v) is 3.55. The van der Waals surface area contributed by atoms with Crippen molar-refractivity contribution < 1.29 is 4.63 Å². The molecule has 0 aliphatic carbocycles. The van der Waals surface area contributed by atoms with Crippen molar-refractivity contribution in [3.05, 3.63) is 35.5 Å². The van der Waals surface area contributed by atoms with Gasteiger partial charge in [0.05, 0.1) is 10.7 Å². The summed E-state index contributed by atoms with van der Waals surface area (Å²) in [4.78, 5) is 5.09. The van der Waals surface area contributed by atoms with E-state index in [1.165, 1.54) is 11.8 Å². The number of pyridine rings is 1. The molecule has 0 amide bonds. The van der Waals surface area contributed by atoms with Crippen LogP contribution < -0.4 is 5.73 Å². The molecule has 2 heterocycles. The van der Waals surface area contributed by atoms with Gasteiger partial charge in [0.15, 0.2) is 11.0 Å². The van der Waals surface area contributed by atoms with Crippen molar-refractivity contribution in [2.75, 3.05) is 5.73 Å². The van der Waals surface area contributed by atoms with E-state index >= 15 is 0 Å². The third kappa shape index (κ3) is 2.00. The number of halogens is 1. The number of nitrogens with zero attached hydrogens (tertiary/aromatic N) is 3. The molecule has 0 saturated carbocycles. The third-order valence-electron chi connectivity index (χ3n) is 2.32. The van der Waals surface area contributed by atoms with Gasteiger partial charge in [0.1, 0.15) is 5.03 Å². The molecule has 3 aromatic rings. The molecule has 0 unspecified atom stereocenters. The summed E-state index contributed by atoms with van der Waals surface area (Å²) in [5, 5.41) is 9.04. The summed E-state index contributed by atoms with van der Waals surface area (Å²) in [5.41, 5.74) is 7.52. The van der Waals surface area contributed by atoms with Crippen LogP contribution in [0.2, 0.25) is 5.02 Å². The minimum atomic E-state index is 0.541. The van der Waals surface area contributed by atoms with Crippen molar-refractivity contribution in [1.29, 1.82) is 0 Å². The van der Waals surface area contributed by atoms with Crippen LogP contribution in [0.15, 0.2) is 45.0 Å². The lowest BCUT2D eigenvalue weighted by molar-refractivity contribution is 0.315. The van der Waals surface area contributed by atoms with E-state index in [0.717, 1.165) is 9.92 Å². The summed E-state index contributed by atoms with van der Waals surface area (Å²) < 4.78 is 4.71. The lowest BCUT2D eigenvalue weighted by Gasteiger charge is -2.01. The number of hydrogen-bond acceptors (Lipinski definition) is 6. The Morgan fingerprint density at radius 1 is 1.11 bits per heavy atom. The highest BCUT2D eigenvalue weighted by Crippen LogP contribution is 2.33. The lowest BCUT2D eigenvalue weighted by atomic mass is 10.3. The highest BCUT2D eigenvalue weighted by molar-refractivity contribution is 7.99. The Balaban J connectivity index is 2.02. The molecule has 0 atom stereocenters. The Morgan fingerprint density at radius 2 is 1.94 bits per heavy atom. The van der Waals surface area contributed by atoms with Gasteiger partial charge in [-0.2, -0.15) is 0 Å². The Bertz CT molecular complexity index is 698. The normalized spacial score (nSPS) is 10.9. The maximum Gasteiger partial charge on any atom is 0.159 e. The first-order chi connectivity index (χ1) is 8.74. The van der Waals surface area contributed by atoms with E-state index in [9.17, 15) is 0 Å². The first-order valence-electron chi connectivity index (χ1n) is 5.04. The van der Waals surface area contributed by atoms with E-state index in [1.807, 2.05) is 12.1 Å². The van der Waals surface area contributed by atoms with Gasteiger partial charge < -0.3 is 5.73 Å². The molecule has 18 heavy (non-hydrogen) atoms. The van der Waals surface area contributed by atoms with Crippen molar-refractivity contribution in [3.8, 4) is 0 Å². The molecule has 1 aromatic carbocycles. The monoisotopic (exact) mass is 278 g/mol. The highest BCUT2D eigenvalue weighted by Gasteiger charge is 2.11. The van der Waals surface area contributed by atoms with Gasteiger partial charge in [-0.3, -0.25) is 0 Å². The van der Waals surface area contributed by atoms with Crippen molar-refractivity contribution in [1.82, 2.24) is 15.3 Å². The molecule has 90 valence electrons. The Labute approximate surface area is 111 Å². The number of hydrogen-bond donors (Lipinski definition) is 1. The van der Waals surface area contributed by atoms with Crippen LogP contribution in [-0.2, 0) is 0 Å². The summed E-state index contributed by atoms with van der Waals surface area (Å²) in [7, 11) is 0. The summed E-state index contributed by atoms with van der Waals surface area (Å²) >= 11 is 7.24. The standard InChI is InChI=1S/C11H7ClN4OS/c12-6-1-4-9(14-5-6)18-8-3-2-7(13)10-11(8)16-17-15-10/h1-5H,13H2. The molecule has 5 nitrogen and oxygen atoms in total. The second kappa shape index (κ2) is 4.47. The largest absolute Gasteiger partial charge is 0.397 e. The van der Waals surface area contributed by atoms with E-state index in [-0.39, 0.29) is 0 Å². The first-order valence-corrected chi connectivity index (χ1v) is 6.23. The van der Waals surface area contributed by atoms with Gasteiger partial charge in [-0.1, -0.05) is 23.4 Å². The molecule has 2 N–H and O–H groups in total. The van der Waals surface area contributed by atoms with Gasteiger partial charge in [-0.15, -0.1) is 0 Å². The molecule has 0 fully saturated rings. The quantitative estimate of drug-likeness (QED) is 0.726. The molecule has 0 spiro atoms. The molecular weight excluding hydrogens is 272 g/mol. The summed E-state index contributed by atoms with van der Waals surface area (Å²) in [6.45, 7) is 0. The summed E-state index contributed by atoms with van der Waals surface area (Å²) in [5.74, 6) is 0. The van der Waals surface area contributed by atoms with Crippen molar-refractivity contribution >= 4 is 40.1 Å². The van der Waals surface area contributed by atoms with Crippen LogP contribution in [0.3, 0.4) is 0 Å². The van der Waals surface area contributed by atoms with E-state index in [0.29, 0.717) is 21.7 Å². The maximum atomic E-state index is 5.79. The summed E-state index contributed by atoms with van der Waals surface area (Å²) in [6.07, 6.45) is 1.60. The zero-order chi connectivity index (χ0) is 12.5. The zero-order valence-electron chi connectivity index (χ0n) is 9.00. The van der Waals surface area contributed by atoms with E-state index in [4.69, 9.17) is 22.0 Å². The molecule has 0 bridgehead atoms. The lowest BCUT2D eigenvalue weighted by Crippen LogP contribution is -1.88. The first kappa shape index (κ1) is 11.3. The zero-order valence-corrected chi connectivity index (χ0v) is 10.6. The van der Waals surface area contributed by atoms with Gasteiger partial charge in [0, 0.05) is 11.1 Å². The van der Waals surface area contributed by atoms with Crippen molar-refractivity contribution in [2.24, 2.45) is 0 Å². The fourth-order valence-corrected chi connectivity index (χ4v) is 2.43. The van der Waals surface area contributed by atoms with Crippen LogP contribution in [0.1, 0.15) is 0 Å². The minimum absolute atomic E-state index is 0.541. The fraction of sp³-hybridized carbons (Fsp3) is 0. The predicted molar refractivity (Wildman–Crippen MR) is 69.6 cm³/mol. The molecule has 0 aliphatic rings. The predicted octanol–water partition coefficient (Wildman–Crippen LogP) is 3.00. The molecule has 2 aromatic heterocycles. The van der Waals surface area contributed by atoms with Gasteiger partial charge in [-0.25, -0.2) is 9.61 Å². The molecule has 0 saturated heterocycles. The maximum absolute atomic E-state index is 5.79. The number of anilines is 1. The molecule has 0 aliphatic heterocycles. The summed E-state index contributed by atoms with van der Waals surface area (Å²) in [6, 6.07) is 7.25. The Hall–Kier alpha value is -1.79. The van der Waals surface area contributed by atoms with Crippen LogP contribution >= 0.6 is 23.4 Å². The fourth-order valence-electron chi connectivity index (χ4n) is 1.48. The average molecular weight is 279 g/mol. The Kier molecular flexibility index (Phi) is 2.81. The number of nitrogen functional groups attached to an aromatic ring is 1. The van der Waals surface area contributed by atoms with E-state index in [1.54, 1.807) is 18.3 Å². The van der Waals surface area contributed by atoms with Crippen LogP contribution in [-0.4, -0.2) is 15.3 Å². The second-order valence-electron chi connectivity index (χ2n) is 3.53. The van der Waals surface area contributed by atoms with Crippen molar-refractivity contribution in [3.63, 3.8) is 0 Å². The van der Waals surface area contributed by atoms with Crippen LogP contribution in [0.4, 0.5) is 5.69 Å². The van der Waals surface area contributed by atoms with Gasteiger partial charge in [-0.05, 0) is 34.6 Å². The number of benzene rings is 1. The molecule has 7 heteroatoms. The number of rotatable bonds is 2. The number of fused-ring (bicyclic) bond motifs is 1. The topological polar surface area (TPSA) is 77.8 Å². The number of aromatic nitrogens is 3. The smallest absolute Gasteiger partial charge is 0.159 e. The molecule has 3 rings (SSSR count). The highest BCUT2D eigenvalue weighted by atomic mass is 35.5. The van der Waals surface area contributed by atoms with Gasteiger partial charge in [0.2, 0.25) is 0 Å².